The number of hydrazone groups is 1. The van der Waals surface area contributed by atoms with Gasteiger partial charge in [-0.1, -0.05) is 29.8 Å². The van der Waals surface area contributed by atoms with Gasteiger partial charge in [0.05, 0.1) is 13.3 Å². The molecule has 0 bridgehead atoms. The number of amides is 2. The fourth-order valence-electron chi connectivity index (χ4n) is 1.69. The van der Waals surface area contributed by atoms with Crippen molar-refractivity contribution in [3.63, 3.8) is 0 Å². The van der Waals surface area contributed by atoms with E-state index in [9.17, 15) is 9.59 Å². The Bertz CT molecular complexity index is 747. The highest BCUT2D eigenvalue weighted by Crippen LogP contribution is 2.14. The highest BCUT2D eigenvalue weighted by molar-refractivity contribution is 6.39. The van der Waals surface area contributed by atoms with Crippen molar-refractivity contribution in [2.24, 2.45) is 5.10 Å². The summed E-state index contributed by atoms with van der Waals surface area (Å²) < 4.78 is 5.07. The average molecular weight is 332 g/mol. The van der Waals surface area contributed by atoms with E-state index in [-0.39, 0.29) is 0 Å². The summed E-state index contributed by atoms with van der Waals surface area (Å²) in [6.07, 6.45) is 1.41. The van der Waals surface area contributed by atoms with Crippen molar-refractivity contribution in [2.45, 2.75) is 0 Å². The number of hydrogen-bond donors (Lipinski definition) is 2. The maximum absolute atomic E-state index is 11.7. The molecule has 2 rings (SSSR count). The van der Waals surface area contributed by atoms with Gasteiger partial charge in [-0.15, -0.1) is 0 Å². The number of hydrogen-bond acceptors (Lipinski definition) is 4. The first-order chi connectivity index (χ1) is 11.1. The van der Waals surface area contributed by atoms with Crippen molar-refractivity contribution in [2.75, 3.05) is 12.4 Å². The zero-order valence-electron chi connectivity index (χ0n) is 12.2. The van der Waals surface area contributed by atoms with E-state index in [1.54, 1.807) is 49.6 Å². The number of carbonyl (C=O) groups excluding carboxylic acids is 2. The number of nitrogens with one attached hydrogen (secondary N) is 2. The lowest BCUT2D eigenvalue weighted by Crippen LogP contribution is -2.32. The summed E-state index contributed by atoms with van der Waals surface area (Å²) in [5, 5.41) is 6.61. The maximum atomic E-state index is 11.7. The number of halogens is 1. The number of benzene rings is 2. The van der Waals surface area contributed by atoms with Crippen molar-refractivity contribution in [1.82, 2.24) is 5.43 Å². The number of anilines is 1. The van der Waals surface area contributed by atoms with E-state index >= 15 is 0 Å². The van der Waals surface area contributed by atoms with Crippen LogP contribution in [-0.4, -0.2) is 25.1 Å². The Kier molecular flexibility index (Phi) is 5.71. The first-order valence-electron chi connectivity index (χ1n) is 6.62. The van der Waals surface area contributed by atoms with Crippen molar-refractivity contribution in [1.29, 1.82) is 0 Å². The second-order valence-corrected chi connectivity index (χ2v) is 4.88. The van der Waals surface area contributed by atoms with Crippen LogP contribution in [0.1, 0.15) is 5.56 Å². The third-order valence-electron chi connectivity index (χ3n) is 2.76. The third-order valence-corrected chi connectivity index (χ3v) is 3.00. The van der Waals surface area contributed by atoms with E-state index in [0.717, 1.165) is 5.56 Å². The lowest BCUT2D eigenvalue weighted by Gasteiger charge is -2.04. The Morgan fingerprint density at radius 2 is 1.91 bits per heavy atom. The Hall–Kier alpha value is -2.86. The summed E-state index contributed by atoms with van der Waals surface area (Å²) in [6, 6.07) is 13.6. The minimum Gasteiger partial charge on any atom is -0.497 e. The van der Waals surface area contributed by atoms with E-state index in [1.807, 2.05) is 0 Å². The molecule has 118 valence electrons. The van der Waals surface area contributed by atoms with Crippen LogP contribution < -0.4 is 15.5 Å². The number of methoxy groups -OCH3 is 1. The van der Waals surface area contributed by atoms with Gasteiger partial charge < -0.3 is 10.1 Å². The smallest absolute Gasteiger partial charge is 0.329 e. The SMILES string of the molecule is COc1cccc(/C=N\NC(=O)C(=O)Nc2cccc(Cl)c2)c1. The number of rotatable bonds is 4. The molecular formula is C16H14ClN3O3. The van der Waals surface area contributed by atoms with Gasteiger partial charge in [0.2, 0.25) is 0 Å². The van der Waals surface area contributed by atoms with Gasteiger partial charge in [-0.05, 0) is 35.9 Å². The molecule has 0 unspecified atom stereocenters. The van der Waals surface area contributed by atoms with Gasteiger partial charge in [-0.25, -0.2) is 5.43 Å². The molecule has 0 aliphatic rings. The molecule has 2 N–H and O–H groups in total. The largest absolute Gasteiger partial charge is 0.497 e. The molecule has 23 heavy (non-hydrogen) atoms. The molecule has 0 aliphatic carbocycles. The third kappa shape index (κ3) is 5.12. The molecule has 6 nitrogen and oxygen atoms in total. The van der Waals surface area contributed by atoms with Gasteiger partial charge in [0.15, 0.2) is 0 Å². The Balaban J connectivity index is 1.90. The number of nitrogens with zero attached hydrogens (tertiary/aromatic N) is 1. The van der Waals surface area contributed by atoms with Crippen molar-refractivity contribution < 1.29 is 14.3 Å². The average Bonchev–Trinajstić information content (AvgIpc) is 2.55. The standard InChI is InChI=1S/C16H14ClN3O3/c1-23-14-7-2-4-11(8-14)10-18-20-16(22)15(21)19-13-6-3-5-12(17)9-13/h2-10H,1H3,(H,19,21)(H,20,22)/b18-10-. The molecule has 0 spiro atoms. The molecule has 0 radical (unpaired) electrons. The Morgan fingerprint density at radius 3 is 2.65 bits per heavy atom. The predicted molar refractivity (Wildman–Crippen MR) is 88.8 cm³/mol. The van der Waals surface area contributed by atoms with E-state index in [0.29, 0.717) is 16.5 Å². The van der Waals surface area contributed by atoms with Gasteiger partial charge in [0, 0.05) is 10.7 Å². The molecule has 0 atom stereocenters. The van der Waals surface area contributed by atoms with Crippen LogP contribution in [-0.2, 0) is 9.59 Å². The van der Waals surface area contributed by atoms with Crippen molar-refractivity contribution in [3.8, 4) is 5.75 Å². The van der Waals surface area contributed by atoms with Crippen LogP contribution in [0, 0.1) is 0 Å². The topological polar surface area (TPSA) is 79.8 Å². The Labute approximate surface area is 138 Å². The van der Waals surface area contributed by atoms with Crippen LogP contribution in [0.5, 0.6) is 5.75 Å². The summed E-state index contributed by atoms with van der Waals surface area (Å²) in [5.74, 6) is -1.06. The van der Waals surface area contributed by atoms with E-state index in [1.165, 1.54) is 12.3 Å². The van der Waals surface area contributed by atoms with Crippen LogP contribution in [0.4, 0.5) is 5.69 Å². The fourth-order valence-corrected chi connectivity index (χ4v) is 1.88. The molecular weight excluding hydrogens is 318 g/mol. The molecule has 2 amide bonds. The zero-order chi connectivity index (χ0) is 16.7. The molecule has 0 aliphatic heterocycles. The van der Waals surface area contributed by atoms with Crippen molar-refractivity contribution in [3.05, 3.63) is 59.1 Å². The van der Waals surface area contributed by atoms with Crippen LogP contribution in [0.3, 0.4) is 0 Å². The minimum absolute atomic E-state index is 0.425. The molecule has 2 aromatic rings. The summed E-state index contributed by atoms with van der Waals surface area (Å²) in [4.78, 5) is 23.4. The normalized spacial score (nSPS) is 10.3. The highest BCUT2D eigenvalue weighted by atomic mass is 35.5. The summed E-state index contributed by atoms with van der Waals surface area (Å²) in [5.41, 5.74) is 3.30. The monoisotopic (exact) mass is 331 g/mol. The van der Waals surface area contributed by atoms with Crippen LogP contribution in [0.2, 0.25) is 5.02 Å². The van der Waals surface area contributed by atoms with Gasteiger partial charge in [-0.2, -0.15) is 5.10 Å². The van der Waals surface area contributed by atoms with Crippen LogP contribution in [0.15, 0.2) is 53.6 Å². The predicted octanol–water partition coefficient (Wildman–Crippen LogP) is 2.44. The number of carbonyl (C=O) groups is 2. The first kappa shape index (κ1) is 16.5. The summed E-state index contributed by atoms with van der Waals surface area (Å²) in [6.45, 7) is 0. The van der Waals surface area contributed by atoms with E-state index in [2.05, 4.69) is 15.8 Å². The maximum Gasteiger partial charge on any atom is 0.329 e. The zero-order valence-corrected chi connectivity index (χ0v) is 13.0. The minimum atomic E-state index is -0.885. The van der Waals surface area contributed by atoms with Gasteiger partial charge in [0.1, 0.15) is 5.75 Å². The molecule has 0 saturated heterocycles. The van der Waals surface area contributed by atoms with Crippen LogP contribution >= 0.6 is 11.6 Å². The number of ether oxygens (including phenoxy) is 1. The molecule has 0 aromatic heterocycles. The highest BCUT2D eigenvalue weighted by Gasteiger charge is 2.12. The molecule has 7 heteroatoms. The van der Waals surface area contributed by atoms with Gasteiger partial charge >= 0.3 is 11.8 Å². The molecule has 0 fully saturated rings. The molecule has 0 saturated carbocycles. The second kappa shape index (κ2) is 7.95. The van der Waals surface area contributed by atoms with Crippen LogP contribution in [0.25, 0.3) is 0 Å². The molecule has 0 heterocycles. The summed E-state index contributed by atoms with van der Waals surface area (Å²) in [7, 11) is 1.55. The quantitative estimate of drug-likeness (QED) is 0.513. The van der Waals surface area contributed by atoms with Gasteiger partial charge in [-0.3, -0.25) is 9.59 Å². The summed E-state index contributed by atoms with van der Waals surface area (Å²) >= 11 is 5.80. The lowest BCUT2D eigenvalue weighted by atomic mass is 10.2. The van der Waals surface area contributed by atoms with E-state index < -0.39 is 11.8 Å². The molecule has 2 aromatic carbocycles. The Morgan fingerprint density at radius 1 is 1.13 bits per heavy atom. The van der Waals surface area contributed by atoms with Crippen molar-refractivity contribution >= 4 is 35.3 Å². The fraction of sp³-hybridized carbons (Fsp3) is 0.0625. The van der Waals surface area contributed by atoms with Gasteiger partial charge in [0.25, 0.3) is 0 Å². The second-order valence-electron chi connectivity index (χ2n) is 4.44. The van der Waals surface area contributed by atoms with E-state index in [4.69, 9.17) is 16.3 Å². The first-order valence-corrected chi connectivity index (χ1v) is 7.00. The lowest BCUT2D eigenvalue weighted by molar-refractivity contribution is -0.136.